The number of fused-ring (bicyclic) bond motifs is 1. The lowest BCUT2D eigenvalue weighted by atomic mass is 10.0. The summed E-state index contributed by atoms with van der Waals surface area (Å²) in [5.41, 5.74) is 7.87. The molecule has 1 aliphatic rings. The van der Waals surface area contributed by atoms with E-state index in [9.17, 15) is 29.4 Å². The van der Waals surface area contributed by atoms with Crippen LogP contribution in [0.3, 0.4) is 0 Å². The van der Waals surface area contributed by atoms with Crippen molar-refractivity contribution in [3.8, 4) is 5.75 Å². The minimum atomic E-state index is -1.18. The molecule has 0 aliphatic carbocycles. The molecule has 0 saturated carbocycles. The minimum Gasteiger partial charge on any atom is -0.508 e. The van der Waals surface area contributed by atoms with Crippen molar-refractivity contribution in [1.29, 1.82) is 0 Å². The fourth-order valence-electron chi connectivity index (χ4n) is 5.28. The van der Waals surface area contributed by atoms with Gasteiger partial charge in [0.1, 0.15) is 23.9 Å². The molecule has 12 nitrogen and oxygen atoms in total. The Bertz CT molecular complexity index is 1400. The number of nitrogens with two attached hydrogens (primary N) is 1. The van der Waals surface area contributed by atoms with Gasteiger partial charge in [-0.3, -0.25) is 14.4 Å². The van der Waals surface area contributed by atoms with Gasteiger partial charge in [0.25, 0.3) is 0 Å². The van der Waals surface area contributed by atoms with Gasteiger partial charge in [-0.2, -0.15) is 0 Å². The van der Waals surface area contributed by atoms with Crippen molar-refractivity contribution in [2.45, 2.75) is 69.1 Å². The average Bonchev–Trinajstić information content (AvgIpc) is 3.68. The number of amides is 3. The number of carbonyl (C=O) groups is 4. The largest absolute Gasteiger partial charge is 0.508 e. The Kier molecular flexibility index (Phi) is 11.1. The van der Waals surface area contributed by atoms with E-state index in [0.717, 1.165) is 22.9 Å². The van der Waals surface area contributed by atoms with E-state index in [2.05, 4.69) is 26.3 Å². The number of aromatic amines is 1. The number of hydrogen-bond acceptors (Lipinski definition) is 7. The van der Waals surface area contributed by atoms with E-state index in [1.165, 1.54) is 12.1 Å². The van der Waals surface area contributed by atoms with Crippen LogP contribution in [0, 0.1) is 0 Å². The molecule has 43 heavy (non-hydrogen) atoms. The number of carbonyl (C=O) groups excluding carboxylic acids is 3. The Morgan fingerprint density at radius 1 is 0.907 bits per heavy atom. The summed E-state index contributed by atoms with van der Waals surface area (Å²) in [6.45, 7) is 1.11. The highest BCUT2D eigenvalue weighted by molar-refractivity contribution is 5.95. The molecular formula is C31H40N6O6. The zero-order valence-corrected chi connectivity index (χ0v) is 24.0. The first-order chi connectivity index (χ1) is 20.7. The van der Waals surface area contributed by atoms with Crippen LogP contribution >= 0.6 is 0 Å². The molecule has 2 heterocycles. The zero-order valence-electron chi connectivity index (χ0n) is 24.0. The molecular weight excluding hydrogens is 552 g/mol. The lowest BCUT2D eigenvalue weighted by molar-refractivity contribution is -0.142. The first-order valence-corrected chi connectivity index (χ1v) is 14.7. The summed E-state index contributed by atoms with van der Waals surface area (Å²) in [7, 11) is 0. The fourth-order valence-corrected chi connectivity index (χ4v) is 5.28. The van der Waals surface area contributed by atoms with Crippen LogP contribution in [0.2, 0.25) is 0 Å². The second-order valence-corrected chi connectivity index (χ2v) is 10.9. The van der Waals surface area contributed by atoms with E-state index in [-0.39, 0.29) is 30.9 Å². The van der Waals surface area contributed by atoms with Crippen LogP contribution in [-0.2, 0) is 32.0 Å². The maximum absolute atomic E-state index is 13.8. The minimum absolute atomic E-state index is 0.0684. The van der Waals surface area contributed by atoms with Crippen LogP contribution in [-0.4, -0.2) is 76.1 Å². The Balaban J connectivity index is 1.58. The molecule has 3 amide bonds. The lowest BCUT2D eigenvalue weighted by Gasteiger charge is -2.25. The molecule has 1 fully saturated rings. The van der Waals surface area contributed by atoms with E-state index < -0.39 is 42.0 Å². The number of carboxylic acid groups (broad SMARTS) is 1. The van der Waals surface area contributed by atoms with Gasteiger partial charge >= 0.3 is 5.97 Å². The van der Waals surface area contributed by atoms with Gasteiger partial charge in [-0.05, 0) is 74.5 Å². The van der Waals surface area contributed by atoms with Crippen molar-refractivity contribution < 1.29 is 29.4 Å². The van der Waals surface area contributed by atoms with Crippen molar-refractivity contribution in [2.24, 2.45) is 5.73 Å². The van der Waals surface area contributed by atoms with E-state index in [0.29, 0.717) is 37.9 Å². The molecule has 2 aromatic carbocycles. The summed E-state index contributed by atoms with van der Waals surface area (Å²) in [5, 5.41) is 31.7. The third kappa shape index (κ3) is 8.79. The summed E-state index contributed by atoms with van der Waals surface area (Å²) in [4.78, 5) is 55.5. The predicted molar refractivity (Wildman–Crippen MR) is 161 cm³/mol. The summed E-state index contributed by atoms with van der Waals surface area (Å²) in [5.74, 6) is -2.66. The van der Waals surface area contributed by atoms with Crippen molar-refractivity contribution in [3.63, 3.8) is 0 Å². The van der Waals surface area contributed by atoms with Crippen LogP contribution in [0.4, 0.5) is 0 Å². The number of rotatable bonds is 15. The standard InChI is InChI=1S/C31H40N6O6/c32-14-4-3-8-25(31(42)43)35-30(41)27(17-20-18-34-23-7-2-1-6-22(20)23)37-29(40)26(16-19-10-12-21(38)13-11-19)36-28(39)24-9-5-15-33-24/h1-2,6-7,10-13,18,24-27,33-34,38H,3-5,8-9,14-17,32H2,(H,35,41)(H,36,39)(H,37,40)(H,42,43). The number of nitrogens with one attached hydrogen (secondary N) is 5. The van der Waals surface area contributed by atoms with Crippen molar-refractivity contribution >= 4 is 34.6 Å². The number of phenolic OH excluding ortho intramolecular Hbond substituents is 1. The molecule has 1 aromatic heterocycles. The van der Waals surface area contributed by atoms with Gasteiger partial charge in [0.2, 0.25) is 17.7 Å². The molecule has 4 atom stereocenters. The lowest BCUT2D eigenvalue weighted by Crippen LogP contribution is -2.58. The number of carboxylic acids is 1. The number of aromatic nitrogens is 1. The summed E-state index contributed by atoms with van der Waals surface area (Å²) >= 11 is 0. The fraction of sp³-hybridized carbons (Fsp3) is 0.419. The molecule has 9 N–H and O–H groups in total. The first-order valence-electron chi connectivity index (χ1n) is 14.7. The number of aromatic hydroxyl groups is 1. The molecule has 230 valence electrons. The first kappa shape index (κ1) is 31.5. The molecule has 3 aromatic rings. The van der Waals surface area contributed by atoms with Gasteiger partial charge in [-0.25, -0.2) is 4.79 Å². The highest BCUT2D eigenvalue weighted by atomic mass is 16.4. The van der Waals surface area contributed by atoms with Crippen LogP contribution in [0.5, 0.6) is 5.75 Å². The van der Waals surface area contributed by atoms with Gasteiger partial charge in [0.15, 0.2) is 0 Å². The number of unbranched alkanes of at least 4 members (excludes halogenated alkanes) is 1. The van der Waals surface area contributed by atoms with Crippen LogP contribution < -0.4 is 27.0 Å². The zero-order chi connectivity index (χ0) is 30.8. The SMILES string of the molecule is NCCCCC(NC(=O)C(Cc1c[nH]c2ccccc12)NC(=O)C(Cc1ccc(O)cc1)NC(=O)C1CCCN1)C(=O)O. The van der Waals surface area contributed by atoms with Gasteiger partial charge in [0, 0.05) is 29.9 Å². The number of H-pyrrole nitrogens is 1. The van der Waals surface area contributed by atoms with E-state index in [1.54, 1.807) is 18.3 Å². The van der Waals surface area contributed by atoms with Crippen LogP contribution in [0.25, 0.3) is 10.9 Å². The number of hydrogen-bond donors (Lipinski definition) is 8. The van der Waals surface area contributed by atoms with Crippen LogP contribution in [0.15, 0.2) is 54.7 Å². The Morgan fingerprint density at radius 3 is 2.28 bits per heavy atom. The van der Waals surface area contributed by atoms with Gasteiger partial charge < -0.3 is 42.2 Å². The average molecular weight is 593 g/mol. The number of para-hydroxylation sites is 1. The smallest absolute Gasteiger partial charge is 0.326 e. The van der Waals surface area contributed by atoms with E-state index >= 15 is 0 Å². The van der Waals surface area contributed by atoms with E-state index in [1.807, 2.05) is 24.3 Å². The maximum Gasteiger partial charge on any atom is 0.326 e. The highest BCUT2D eigenvalue weighted by Crippen LogP contribution is 2.20. The second kappa shape index (κ2) is 15.2. The second-order valence-electron chi connectivity index (χ2n) is 10.9. The normalized spacial score (nSPS) is 16.7. The number of phenols is 1. The molecule has 12 heteroatoms. The topological polar surface area (TPSA) is 199 Å². The molecule has 0 bridgehead atoms. The predicted octanol–water partition coefficient (Wildman–Crippen LogP) is 1.08. The maximum atomic E-state index is 13.8. The van der Waals surface area contributed by atoms with E-state index in [4.69, 9.17) is 5.73 Å². The third-order valence-corrected chi connectivity index (χ3v) is 7.68. The quantitative estimate of drug-likeness (QED) is 0.120. The van der Waals surface area contributed by atoms with Gasteiger partial charge in [0.05, 0.1) is 6.04 Å². The monoisotopic (exact) mass is 592 g/mol. The summed E-state index contributed by atoms with van der Waals surface area (Å²) in [6.07, 6.45) is 4.77. The van der Waals surface area contributed by atoms with Crippen molar-refractivity contribution in [3.05, 3.63) is 65.9 Å². The van der Waals surface area contributed by atoms with Crippen LogP contribution in [0.1, 0.15) is 43.2 Å². The molecule has 0 spiro atoms. The molecule has 4 unspecified atom stereocenters. The third-order valence-electron chi connectivity index (χ3n) is 7.68. The van der Waals surface area contributed by atoms with Crippen molar-refractivity contribution in [1.82, 2.24) is 26.3 Å². The Morgan fingerprint density at radius 2 is 1.60 bits per heavy atom. The molecule has 0 radical (unpaired) electrons. The van der Waals surface area contributed by atoms with Gasteiger partial charge in [-0.1, -0.05) is 30.3 Å². The van der Waals surface area contributed by atoms with Crippen molar-refractivity contribution in [2.75, 3.05) is 13.1 Å². The number of benzene rings is 2. The Labute approximate surface area is 249 Å². The molecule has 1 aliphatic heterocycles. The molecule has 4 rings (SSSR count). The summed E-state index contributed by atoms with van der Waals surface area (Å²) in [6, 6.07) is 10.1. The number of aliphatic carboxylic acids is 1. The Hall–Kier alpha value is -4.42. The van der Waals surface area contributed by atoms with Gasteiger partial charge in [-0.15, -0.1) is 0 Å². The molecule has 1 saturated heterocycles. The summed E-state index contributed by atoms with van der Waals surface area (Å²) < 4.78 is 0. The highest BCUT2D eigenvalue weighted by Gasteiger charge is 2.32.